The van der Waals surface area contributed by atoms with Gasteiger partial charge >= 0.3 is 0 Å². The normalized spacial score (nSPS) is 13.2. The largest absolute Gasteiger partial charge is 0.478 e. The van der Waals surface area contributed by atoms with Crippen LogP contribution in [0, 0.1) is 0 Å². The van der Waals surface area contributed by atoms with Crippen LogP contribution in [0.4, 0.5) is 0 Å². The monoisotopic (exact) mass is 1170 g/mol. The summed E-state index contributed by atoms with van der Waals surface area (Å²) in [7, 11) is -14.8. The number of hydrogen-bond acceptors (Lipinski definition) is 19. The van der Waals surface area contributed by atoms with Crippen molar-refractivity contribution in [2.24, 2.45) is 5.73 Å². The Kier molecular flexibility index (Phi) is 27.2. The Morgan fingerprint density at radius 2 is 1.16 bits per heavy atom. The molecule has 9 N–H and O–H groups in total. The number of nitrogens with zero attached hydrogens (tertiary/aromatic N) is 5. The predicted molar refractivity (Wildman–Crippen MR) is 288 cm³/mol. The number of carbonyl (C=O) groups excluding carboxylic acids is 4. The summed E-state index contributed by atoms with van der Waals surface area (Å²) in [5.74, 6) is -7.07. The van der Waals surface area contributed by atoms with Crippen molar-refractivity contribution in [3.8, 4) is 28.3 Å². The van der Waals surface area contributed by atoms with Gasteiger partial charge in [0, 0.05) is 56.3 Å². The summed E-state index contributed by atoms with van der Waals surface area (Å²) in [5.41, 5.74) is 9.05. The summed E-state index contributed by atoms with van der Waals surface area (Å²) in [4.78, 5) is 55.1. The zero-order valence-electron chi connectivity index (χ0n) is 44.1. The Hall–Kier alpha value is -6.09. The summed E-state index contributed by atoms with van der Waals surface area (Å²) in [6.07, 6.45) is 5.08. The molecule has 0 unspecified atom stereocenters. The van der Waals surface area contributed by atoms with E-state index < -0.39 is 83.5 Å². The first-order valence-corrected chi connectivity index (χ1v) is 30.2. The minimum Gasteiger partial charge on any atom is -0.478 e. The lowest BCUT2D eigenvalue weighted by atomic mass is 9.86. The van der Waals surface area contributed by atoms with Gasteiger partial charge in [0.15, 0.2) is 5.82 Å². The molecule has 4 rings (SSSR count). The van der Waals surface area contributed by atoms with Crippen molar-refractivity contribution in [2.75, 3.05) is 76.6 Å². The number of aromatic nitrogens is 5. The maximum absolute atomic E-state index is 12.8. The number of tetrazole rings is 1. The van der Waals surface area contributed by atoms with Crippen LogP contribution >= 0.6 is 0 Å². The molecule has 27 nitrogen and oxygen atoms in total. The Morgan fingerprint density at radius 1 is 0.620 bits per heavy atom. The van der Waals surface area contributed by atoms with Crippen LogP contribution in [0.25, 0.3) is 22.4 Å². The predicted octanol–water partition coefficient (Wildman–Crippen LogP) is 1.12. The van der Waals surface area contributed by atoms with E-state index in [0.29, 0.717) is 58.1 Å². The van der Waals surface area contributed by atoms with Crippen molar-refractivity contribution >= 4 is 54.0 Å². The number of rotatable bonds is 39. The number of nitrogens with two attached hydrogens (primary N) is 1. The van der Waals surface area contributed by atoms with Gasteiger partial charge in [-0.1, -0.05) is 74.5 Å². The lowest BCUT2D eigenvalue weighted by molar-refractivity contribution is -0.131. The van der Waals surface area contributed by atoms with Gasteiger partial charge in [0.25, 0.3) is 30.4 Å². The molecule has 0 aliphatic carbocycles. The minimum atomic E-state index is -5.03. The lowest BCUT2D eigenvalue weighted by Crippen LogP contribution is -2.59. The summed E-state index contributed by atoms with van der Waals surface area (Å²) >= 11 is 0. The molecule has 0 bridgehead atoms. The van der Waals surface area contributed by atoms with Crippen LogP contribution in [-0.2, 0) is 75.7 Å². The van der Waals surface area contributed by atoms with Gasteiger partial charge in [-0.25, -0.2) is 9.67 Å². The summed E-state index contributed by atoms with van der Waals surface area (Å²) in [5, 5.41) is 21.3. The van der Waals surface area contributed by atoms with Crippen molar-refractivity contribution in [1.29, 1.82) is 0 Å². The first-order chi connectivity index (χ1) is 37.4. The molecule has 0 saturated carbocycles. The first kappa shape index (κ1) is 65.4. The summed E-state index contributed by atoms with van der Waals surface area (Å²) < 4.78 is 120. The van der Waals surface area contributed by atoms with E-state index in [9.17, 15) is 53.5 Å². The molecular formula is C49H72N10O17S3. The fourth-order valence-electron chi connectivity index (χ4n) is 7.66. The number of unbranched alkanes of at least 4 members (excludes halogenated alkanes) is 2. The van der Waals surface area contributed by atoms with E-state index in [1.165, 1.54) is 0 Å². The Balaban J connectivity index is 1.01. The molecule has 0 saturated heterocycles. The second-order valence-electron chi connectivity index (χ2n) is 18.8. The van der Waals surface area contributed by atoms with Crippen LogP contribution in [0.15, 0.2) is 72.8 Å². The zero-order valence-corrected chi connectivity index (χ0v) is 46.6. The van der Waals surface area contributed by atoms with Gasteiger partial charge in [-0.05, 0) is 72.6 Å². The van der Waals surface area contributed by atoms with Gasteiger partial charge in [0.2, 0.25) is 29.5 Å². The molecule has 4 amide bonds. The smallest absolute Gasteiger partial charge is 0.267 e. The number of benzene rings is 2. The van der Waals surface area contributed by atoms with E-state index in [4.69, 9.17) is 34.2 Å². The topological polar surface area (TPSA) is 399 Å². The molecule has 79 heavy (non-hydrogen) atoms. The Labute approximate surface area is 460 Å². The second-order valence-corrected chi connectivity index (χ2v) is 23.3. The van der Waals surface area contributed by atoms with Crippen LogP contribution in [-0.4, -0.2) is 182 Å². The Bertz CT molecular complexity index is 2830. The molecule has 0 spiro atoms. The molecule has 2 heterocycles. The average molecular weight is 1170 g/mol. The number of amides is 4. The SMILES string of the molecule is CC(C)(CCCCOc1cc(-c2ccccc2)cc(-c2ccccc2)n1)c1nnnn1CCCCC(=O)NCCCOCCOCCOCCCNC(=O)[C@H](CS(=O)(=O)O)NC(=O)[C@H](CS(=O)(=O)O)NC(=O)[C@@H](N)CS(=O)(=O)O. The molecule has 2 aromatic heterocycles. The van der Waals surface area contributed by atoms with Crippen molar-refractivity contribution in [1.82, 2.24) is 46.5 Å². The standard InChI is InChI=1S/C49H72N10O17S3/c1-49(2,20-10-12-26-76-44-32-38(36-15-5-3-6-16-36)31-40(53-44)37-17-7-4-8-18-37)48-56-57-58-59(48)23-11-9-19-43(60)51-21-13-24-73-27-29-75-30-28-74-25-14-22-52-46(62)41(34-78(67,68)69)55-47(63)42(35-79(70,71)72)54-45(61)39(50)33-77(64,65)66/h3-8,15-18,31-32,39,41-42H,9-14,19-30,33-35,50H2,1-2H3,(H,51,60)(H,52,62)(H,54,61)(H,55,63)(H,64,65,66)(H,67,68,69)(H,70,71,72)/t39-,41-,42-/m0/s1. The Morgan fingerprint density at radius 3 is 1.76 bits per heavy atom. The molecule has 438 valence electrons. The lowest BCUT2D eigenvalue weighted by Gasteiger charge is -2.23. The van der Waals surface area contributed by atoms with Gasteiger partial charge in [0.05, 0.1) is 44.5 Å². The van der Waals surface area contributed by atoms with Crippen molar-refractivity contribution in [3.63, 3.8) is 0 Å². The van der Waals surface area contributed by atoms with Gasteiger partial charge in [0.1, 0.15) is 29.6 Å². The molecular weight excluding hydrogens is 1100 g/mol. The van der Waals surface area contributed by atoms with E-state index in [1.54, 1.807) is 5.32 Å². The van der Waals surface area contributed by atoms with Crippen LogP contribution in [0.1, 0.15) is 71.0 Å². The fourth-order valence-corrected chi connectivity index (χ4v) is 9.58. The quantitative estimate of drug-likeness (QED) is 0.0229. The third-order valence-corrected chi connectivity index (χ3v) is 13.9. The van der Waals surface area contributed by atoms with Crippen LogP contribution in [0.3, 0.4) is 0 Å². The molecule has 4 aromatic rings. The molecule has 30 heteroatoms. The maximum atomic E-state index is 12.8. The van der Waals surface area contributed by atoms with E-state index in [0.717, 1.165) is 53.9 Å². The van der Waals surface area contributed by atoms with Crippen molar-refractivity contribution < 1.29 is 77.0 Å². The fraction of sp³-hybridized carbons (Fsp3) is 0.551. The highest BCUT2D eigenvalue weighted by molar-refractivity contribution is 7.86. The van der Waals surface area contributed by atoms with Crippen LogP contribution in [0.5, 0.6) is 5.88 Å². The molecule has 3 atom stereocenters. The number of aryl methyl sites for hydroxylation is 1. The van der Waals surface area contributed by atoms with Crippen molar-refractivity contribution in [3.05, 3.63) is 78.6 Å². The van der Waals surface area contributed by atoms with Gasteiger partial charge in [-0.2, -0.15) is 25.3 Å². The molecule has 0 radical (unpaired) electrons. The molecule has 0 aliphatic heterocycles. The number of pyridine rings is 1. The molecule has 2 aromatic carbocycles. The van der Waals surface area contributed by atoms with Gasteiger partial charge in [-0.3, -0.25) is 32.8 Å². The number of carbonyl (C=O) groups is 4. The van der Waals surface area contributed by atoms with Crippen molar-refractivity contribution in [2.45, 2.75) is 95.3 Å². The van der Waals surface area contributed by atoms with E-state index >= 15 is 0 Å². The van der Waals surface area contributed by atoms with Crippen LogP contribution < -0.4 is 31.7 Å². The van der Waals surface area contributed by atoms with Gasteiger partial charge < -0.3 is 45.9 Å². The van der Waals surface area contributed by atoms with E-state index in [-0.39, 0.29) is 50.7 Å². The van der Waals surface area contributed by atoms with Crippen LogP contribution in [0.2, 0.25) is 0 Å². The summed E-state index contributed by atoms with van der Waals surface area (Å²) in [6.45, 7) is 7.13. The van der Waals surface area contributed by atoms with Gasteiger partial charge in [-0.15, -0.1) is 5.10 Å². The molecule has 0 fully saturated rings. The highest BCUT2D eigenvalue weighted by atomic mass is 32.2. The summed E-state index contributed by atoms with van der Waals surface area (Å²) in [6, 6.07) is 18.0. The third-order valence-electron chi connectivity index (χ3n) is 11.6. The first-order valence-electron chi connectivity index (χ1n) is 25.4. The minimum absolute atomic E-state index is 0.0609. The maximum Gasteiger partial charge on any atom is 0.267 e. The average Bonchev–Trinajstić information content (AvgIpc) is 3.89. The van der Waals surface area contributed by atoms with E-state index in [2.05, 4.69) is 58.2 Å². The molecule has 0 aliphatic rings. The number of hydrogen-bond donors (Lipinski definition) is 8. The highest BCUT2D eigenvalue weighted by Gasteiger charge is 2.34. The highest BCUT2D eigenvalue weighted by Crippen LogP contribution is 2.30. The number of nitrogens with one attached hydrogen (secondary N) is 4. The second kappa shape index (κ2) is 32.9. The van der Waals surface area contributed by atoms with E-state index in [1.807, 2.05) is 64.6 Å². The zero-order chi connectivity index (χ0) is 57.9. The number of ether oxygens (including phenoxy) is 4. The third kappa shape index (κ3) is 26.6.